The average molecular weight is 414 g/mol. The van der Waals surface area contributed by atoms with Crippen LogP contribution in [0.2, 0.25) is 0 Å². The molecule has 0 unspecified atom stereocenters. The van der Waals surface area contributed by atoms with Crippen LogP contribution in [0.1, 0.15) is 77.3 Å². The Kier molecular flexibility index (Phi) is 6.24. The second-order valence-corrected chi connectivity index (χ2v) is 9.62. The maximum Gasteiger partial charge on any atom is 0.414 e. The standard InChI is InChI=1S/C22H31N5O3/c1-14(2)17-7-8-25-27-18(17)29-13-22(6)9-15(10-22)16-11-23-19(24-12-16)26-20(28)30-21(3,4)5/h7-8,11-12,14-15H,9-10,13H2,1-6H3,(H,23,24,26,28). The Hall–Kier alpha value is -2.77. The van der Waals surface area contributed by atoms with Crippen LogP contribution < -0.4 is 10.1 Å². The molecule has 8 heteroatoms. The summed E-state index contributed by atoms with van der Waals surface area (Å²) >= 11 is 0. The zero-order valence-electron chi connectivity index (χ0n) is 18.6. The van der Waals surface area contributed by atoms with E-state index in [-0.39, 0.29) is 11.4 Å². The number of ether oxygens (including phenoxy) is 2. The van der Waals surface area contributed by atoms with Crippen LogP contribution in [-0.2, 0) is 4.74 Å². The van der Waals surface area contributed by atoms with E-state index in [9.17, 15) is 4.79 Å². The first-order valence-electron chi connectivity index (χ1n) is 10.3. The lowest BCUT2D eigenvalue weighted by Crippen LogP contribution is -2.38. The molecule has 2 aromatic heterocycles. The molecule has 2 heterocycles. The van der Waals surface area contributed by atoms with Crippen molar-refractivity contribution < 1.29 is 14.3 Å². The van der Waals surface area contributed by atoms with Crippen molar-refractivity contribution in [3.05, 3.63) is 35.8 Å². The molecule has 1 saturated carbocycles. The van der Waals surface area contributed by atoms with E-state index in [4.69, 9.17) is 9.47 Å². The fourth-order valence-electron chi connectivity index (χ4n) is 3.61. The Morgan fingerprint density at radius 2 is 1.93 bits per heavy atom. The highest BCUT2D eigenvalue weighted by Crippen LogP contribution is 2.50. The van der Waals surface area contributed by atoms with Crippen molar-refractivity contribution in [2.45, 2.75) is 71.8 Å². The number of nitrogens with one attached hydrogen (secondary N) is 1. The molecule has 3 rings (SSSR count). The van der Waals surface area contributed by atoms with Crippen LogP contribution in [0.4, 0.5) is 10.7 Å². The molecule has 1 aliphatic carbocycles. The van der Waals surface area contributed by atoms with Crippen molar-refractivity contribution in [1.82, 2.24) is 20.2 Å². The van der Waals surface area contributed by atoms with E-state index in [0.717, 1.165) is 24.0 Å². The number of carbonyl (C=O) groups excluding carboxylic acids is 1. The molecule has 162 valence electrons. The van der Waals surface area contributed by atoms with Crippen molar-refractivity contribution in [2.75, 3.05) is 11.9 Å². The number of rotatable bonds is 6. The van der Waals surface area contributed by atoms with Gasteiger partial charge in [-0.2, -0.15) is 5.10 Å². The van der Waals surface area contributed by atoms with Gasteiger partial charge in [0.2, 0.25) is 11.8 Å². The van der Waals surface area contributed by atoms with E-state index < -0.39 is 11.7 Å². The van der Waals surface area contributed by atoms with Gasteiger partial charge in [0.1, 0.15) is 5.60 Å². The largest absolute Gasteiger partial charge is 0.476 e. The van der Waals surface area contributed by atoms with E-state index in [1.54, 1.807) is 18.6 Å². The van der Waals surface area contributed by atoms with Gasteiger partial charge in [0.25, 0.3) is 0 Å². The van der Waals surface area contributed by atoms with Crippen LogP contribution in [0.25, 0.3) is 0 Å². The molecule has 0 aliphatic heterocycles. The highest BCUT2D eigenvalue weighted by Gasteiger charge is 2.42. The first-order chi connectivity index (χ1) is 14.0. The Labute approximate surface area is 177 Å². The summed E-state index contributed by atoms with van der Waals surface area (Å²) in [5.74, 6) is 1.57. The summed E-state index contributed by atoms with van der Waals surface area (Å²) in [6.45, 7) is 12.5. The van der Waals surface area contributed by atoms with Crippen LogP contribution >= 0.6 is 0 Å². The number of nitrogens with zero attached hydrogens (tertiary/aromatic N) is 4. The minimum Gasteiger partial charge on any atom is -0.476 e. The fraction of sp³-hybridized carbons (Fsp3) is 0.591. The predicted octanol–water partition coefficient (Wildman–Crippen LogP) is 4.70. The second kappa shape index (κ2) is 8.53. The minimum atomic E-state index is -0.566. The first-order valence-corrected chi connectivity index (χ1v) is 10.3. The summed E-state index contributed by atoms with van der Waals surface area (Å²) in [6.07, 6.45) is 6.63. The van der Waals surface area contributed by atoms with Gasteiger partial charge in [-0.05, 0) is 57.1 Å². The third-order valence-electron chi connectivity index (χ3n) is 5.13. The minimum absolute atomic E-state index is 0.0733. The topological polar surface area (TPSA) is 99.1 Å². The lowest BCUT2D eigenvalue weighted by molar-refractivity contribution is 0.0523. The molecule has 2 aromatic rings. The number of aromatic nitrogens is 4. The van der Waals surface area contributed by atoms with Crippen LogP contribution in [0.5, 0.6) is 5.88 Å². The van der Waals surface area contributed by atoms with Crippen molar-refractivity contribution in [1.29, 1.82) is 0 Å². The predicted molar refractivity (Wildman–Crippen MR) is 114 cm³/mol. The lowest BCUT2D eigenvalue weighted by atomic mass is 9.62. The van der Waals surface area contributed by atoms with Gasteiger partial charge in [0.15, 0.2) is 0 Å². The molecule has 0 spiro atoms. The highest BCUT2D eigenvalue weighted by atomic mass is 16.6. The number of amides is 1. The van der Waals surface area contributed by atoms with E-state index in [0.29, 0.717) is 24.3 Å². The third-order valence-corrected chi connectivity index (χ3v) is 5.13. The summed E-state index contributed by atoms with van der Waals surface area (Å²) in [5, 5.41) is 10.7. The zero-order valence-corrected chi connectivity index (χ0v) is 18.6. The number of hydrogen-bond donors (Lipinski definition) is 1. The van der Waals surface area contributed by atoms with Crippen molar-refractivity contribution >= 4 is 12.0 Å². The Morgan fingerprint density at radius 3 is 2.53 bits per heavy atom. The number of anilines is 1. The van der Waals surface area contributed by atoms with E-state index in [1.165, 1.54) is 0 Å². The lowest BCUT2D eigenvalue weighted by Gasteiger charge is -2.44. The third kappa shape index (κ3) is 5.64. The summed E-state index contributed by atoms with van der Waals surface area (Å²) in [5.41, 5.74) is 1.64. The quantitative estimate of drug-likeness (QED) is 0.733. The highest BCUT2D eigenvalue weighted by molar-refractivity contribution is 5.82. The first kappa shape index (κ1) is 21.9. The van der Waals surface area contributed by atoms with Crippen molar-refractivity contribution in [3.63, 3.8) is 0 Å². The molecule has 8 nitrogen and oxygen atoms in total. The number of hydrogen-bond acceptors (Lipinski definition) is 7. The zero-order chi connectivity index (χ0) is 21.9. The fourth-order valence-corrected chi connectivity index (χ4v) is 3.61. The van der Waals surface area contributed by atoms with Gasteiger partial charge in [-0.3, -0.25) is 5.32 Å². The molecule has 0 bridgehead atoms. The summed E-state index contributed by atoms with van der Waals surface area (Å²) in [4.78, 5) is 20.3. The molecule has 0 radical (unpaired) electrons. The van der Waals surface area contributed by atoms with Gasteiger partial charge in [-0.1, -0.05) is 20.8 Å². The molecular formula is C22H31N5O3. The Balaban J connectivity index is 1.51. The monoisotopic (exact) mass is 413 g/mol. The van der Waals surface area contributed by atoms with Crippen LogP contribution in [0.15, 0.2) is 24.7 Å². The van der Waals surface area contributed by atoms with Gasteiger partial charge in [0, 0.05) is 23.4 Å². The van der Waals surface area contributed by atoms with Gasteiger partial charge in [0.05, 0.1) is 12.8 Å². The van der Waals surface area contributed by atoms with Crippen LogP contribution in [0.3, 0.4) is 0 Å². The van der Waals surface area contributed by atoms with Gasteiger partial charge in [-0.25, -0.2) is 14.8 Å². The molecule has 1 fully saturated rings. The Morgan fingerprint density at radius 1 is 1.27 bits per heavy atom. The smallest absolute Gasteiger partial charge is 0.414 e. The molecule has 0 saturated heterocycles. The van der Waals surface area contributed by atoms with Gasteiger partial charge >= 0.3 is 6.09 Å². The Bertz CT molecular complexity index is 871. The van der Waals surface area contributed by atoms with Gasteiger partial charge < -0.3 is 9.47 Å². The van der Waals surface area contributed by atoms with Crippen molar-refractivity contribution in [2.24, 2.45) is 5.41 Å². The molecule has 0 aromatic carbocycles. The normalized spacial score (nSPS) is 21.1. The van der Waals surface area contributed by atoms with Crippen LogP contribution in [0, 0.1) is 5.41 Å². The molecule has 30 heavy (non-hydrogen) atoms. The summed E-state index contributed by atoms with van der Waals surface area (Å²) in [7, 11) is 0. The van der Waals surface area contributed by atoms with Gasteiger partial charge in [-0.15, -0.1) is 5.10 Å². The molecule has 1 amide bonds. The van der Waals surface area contributed by atoms with Crippen LogP contribution in [-0.4, -0.2) is 38.5 Å². The SMILES string of the molecule is CC(C)c1ccnnc1OCC1(C)CC(c2cnc(NC(=O)OC(C)(C)C)nc2)C1. The molecule has 0 atom stereocenters. The summed E-state index contributed by atoms with van der Waals surface area (Å²) in [6, 6.07) is 1.96. The van der Waals surface area contributed by atoms with E-state index in [1.807, 2.05) is 26.8 Å². The van der Waals surface area contributed by atoms with Crippen molar-refractivity contribution in [3.8, 4) is 5.88 Å². The number of carbonyl (C=O) groups is 1. The van der Waals surface area contributed by atoms with E-state index >= 15 is 0 Å². The molecule has 1 N–H and O–H groups in total. The van der Waals surface area contributed by atoms with E-state index in [2.05, 4.69) is 46.3 Å². The maximum absolute atomic E-state index is 11.8. The maximum atomic E-state index is 11.8. The molecular weight excluding hydrogens is 382 g/mol. The molecule has 1 aliphatic rings. The summed E-state index contributed by atoms with van der Waals surface area (Å²) < 4.78 is 11.2. The second-order valence-electron chi connectivity index (χ2n) is 9.62. The average Bonchev–Trinajstić information content (AvgIpc) is 2.63.